The molecule has 0 bridgehead atoms. The molecule has 0 spiro atoms. The molecule has 0 aromatic carbocycles. The van der Waals surface area contributed by atoms with Crippen LogP contribution in [0.25, 0.3) is 0 Å². The number of nitrogens with one attached hydrogen (secondary N) is 1. The Morgan fingerprint density at radius 1 is 1.36 bits per heavy atom. The van der Waals surface area contributed by atoms with Crippen molar-refractivity contribution in [1.29, 1.82) is 0 Å². The summed E-state index contributed by atoms with van der Waals surface area (Å²) < 4.78 is 0. The first-order valence-electron chi connectivity index (χ1n) is 5.35. The van der Waals surface area contributed by atoms with Crippen molar-refractivity contribution in [2.45, 2.75) is 41.0 Å². The van der Waals surface area contributed by atoms with E-state index >= 15 is 0 Å². The lowest BCUT2D eigenvalue weighted by molar-refractivity contribution is 0.377. The van der Waals surface area contributed by atoms with E-state index in [0.29, 0.717) is 17.3 Å². The van der Waals surface area contributed by atoms with Crippen molar-refractivity contribution in [3.05, 3.63) is 0 Å². The molecule has 0 saturated heterocycles. The summed E-state index contributed by atoms with van der Waals surface area (Å²) in [6.07, 6.45) is 1.10. The number of nitrogens with zero attached hydrogens (tertiary/aromatic N) is 1. The van der Waals surface area contributed by atoms with E-state index in [0.717, 1.165) is 19.5 Å². The molecular weight excluding hydrogens is 174 g/mol. The van der Waals surface area contributed by atoms with Gasteiger partial charge in [0.25, 0.3) is 0 Å². The van der Waals surface area contributed by atoms with E-state index in [1.807, 2.05) is 0 Å². The van der Waals surface area contributed by atoms with Gasteiger partial charge in [0.1, 0.15) is 0 Å². The molecular formula is C11H25N3. The van der Waals surface area contributed by atoms with Crippen LogP contribution in [0.1, 0.15) is 41.0 Å². The van der Waals surface area contributed by atoms with Crippen molar-refractivity contribution in [2.24, 2.45) is 22.1 Å². The molecule has 3 heteroatoms. The van der Waals surface area contributed by atoms with E-state index in [2.05, 4.69) is 44.9 Å². The van der Waals surface area contributed by atoms with Gasteiger partial charge in [0.15, 0.2) is 5.96 Å². The van der Waals surface area contributed by atoms with E-state index in [9.17, 15) is 0 Å². The topological polar surface area (TPSA) is 50.4 Å². The lowest BCUT2D eigenvalue weighted by Gasteiger charge is -2.18. The highest BCUT2D eigenvalue weighted by molar-refractivity contribution is 5.77. The second kappa shape index (κ2) is 5.89. The second-order valence-corrected chi connectivity index (χ2v) is 5.36. The average Bonchev–Trinajstić information content (AvgIpc) is 1.98. The maximum Gasteiger partial charge on any atom is 0.188 e. The summed E-state index contributed by atoms with van der Waals surface area (Å²) in [5.41, 5.74) is 6.04. The molecule has 14 heavy (non-hydrogen) atoms. The summed E-state index contributed by atoms with van der Waals surface area (Å²) in [7, 11) is 0. The minimum absolute atomic E-state index is 0.353. The standard InChI is InChI=1S/C11H25N3/c1-9(2)8-14-10(12)13-7-6-11(3,4)5/h9H,6-8H2,1-5H3,(H3,12,13,14). The Balaban J connectivity index is 3.63. The molecule has 0 unspecified atom stereocenters. The van der Waals surface area contributed by atoms with Crippen molar-refractivity contribution >= 4 is 5.96 Å². The minimum Gasteiger partial charge on any atom is -0.370 e. The monoisotopic (exact) mass is 199 g/mol. The van der Waals surface area contributed by atoms with E-state index in [-0.39, 0.29) is 0 Å². The number of rotatable bonds is 4. The van der Waals surface area contributed by atoms with E-state index < -0.39 is 0 Å². The van der Waals surface area contributed by atoms with Gasteiger partial charge in [-0.3, -0.25) is 4.99 Å². The minimum atomic E-state index is 0.353. The van der Waals surface area contributed by atoms with Gasteiger partial charge in [-0.05, 0) is 17.8 Å². The van der Waals surface area contributed by atoms with Crippen molar-refractivity contribution in [3.8, 4) is 0 Å². The second-order valence-electron chi connectivity index (χ2n) is 5.36. The first-order chi connectivity index (χ1) is 6.31. The highest BCUT2D eigenvalue weighted by atomic mass is 15.1. The molecule has 0 aliphatic heterocycles. The first kappa shape index (κ1) is 13.3. The lowest BCUT2D eigenvalue weighted by Crippen LogP contribution is -2.34. The number of hydrogen-bond acceptors (Lipinski definition) is 1. The molecule has 0 aliphatic carbocycles. The molecule has 0 aromatic heterocycles. The molecule has 84 valence electrons. The number of hydrogen-bond donors (Lipinski definition) is 2. The van der Waals surface area contributed by atoms with Crippen LogP contribution in [-0.4, -0.2) is 19.0 Å². The van der Waals surface area contributed by atoms with Crippen LogP contribution in [-0.2, 0) is 0 Å². The van der Waals surface area contributed by atoms with Crippen LogP contribution < -0.4 is 11.1 Å². The average molecular weight is 199 g/mol. The molecule has 0 aliphatic rings. The Morgan fingerprint density at radius 2 is 1.93 bits per heavy atom. The van der Waals surface area contributed by atoms with Gasteiger partial charge in [-0.1, -0.05) is 34.6 Å². The van der Waals surface area contributed by atoms with Crippen LogP contribution >= 0.6 is 0 Å². The molecule has 0 aromatic rings. The highest BCUT2D eigenvalue weighted by Gasteiger charge is 2.08. The van der Waals surface area contributed by atoms with Gasteiger partial charge in [-0.25, -0.2) is 0 Å². The first-order valence-corrected chi connectivity index (χ1v) is 5.35. The van der Waals surface area contributed by atoms with Crippen LogP contribution in [0.15, 0.2) is 4.99 Å². The molecule has 0 heterocycles. The van der Waals surface area contributed by atoms with Crippen LogP contribution in [0.5, 0.6) is 0 Å². The van der Waals surface area contributed by atoms with Crippen LogP contribution in [0.4, 0.5) is 0 Å². The third-order valence-electron chi connectivity index (χ3n) is 1.81. The van der Waals surface area contributed by atoms with Gasteiger partial charge in [-0.2, -0.15) is 0 Å². The largest absolute Gasteiger partial charge is 0.370 e. The van der Waals surface area contributed by atoms with Crippen molar-refractivity contribution in [1.82, 2.24) is 5.32 Å². The van der Waals surface area contributed by atoms with Gasteiger partial charge >= 0.3 is 0 Å². The number of nitrogens with two attached hydrogens (primary N) is 1. The Hall–Kier alpha value is -0.730. The summed E-state index contributed by atoms with van der Waals surface area (Å²) >= 11 is 0. The molecule has 0 atom stereocenters. The third kappa shape index (κ3) is 9.36. The third-order valence-corrected chi connectivity index (χ3v) is 1.81. The van der Waals surface area contributed by atoms with Gasteiger partial charge in [0.2, 0.25) is 0 Å². The Morgan fingerprint density at radius 3 is 2.36 bits per heavy atom. The Kier molecular flexibility index (Phi) is 5.58. The Bertz CT molecular complexity index is 177. The molecule has 0 fully saturated rings. The van der Waals surface area contributed by atoms with E-state index in [4.69, 9.17) is 5.73 Å². The van der Waals surface area contributed by atoms with Crippen molar-refractivity contribution < 1.29 is 0 Å². The van der Waals surface area contributed by atoms with Gasteiger partial charge in [0, 0.05) is 13.1 Å². The maximum absolute atomic E-state index is 5.69. The van der Waals surface area contributed by atoms with Gasteiger partial charge in [-0.15, -0.1) is 0 Å². The van der Waals surface area contributed by atoms with Crippen LogP contribution in [0.3, 0.4) is 0 Å². The normalized spacial score (nSPS) is 13.4. The molecule has 0 rings (SSSR count). The maximum atomic E-state index is 5.69. The van der Waals surface area contributed by atoms with Crippen molar-refractivity contribution in [3.63, 3.8) is 0 Å². The Labute approximate surface area is 88.2 Å². The van der Waals surface area contributed by atoms with Gasteiger partial charge in [0.05, 0.1) is 0 Å². The lowest BCUT2D eigenvalue weighted by atomic mass is 9.92. The summed E-state index contributed by atoms with van der Waals surface area (Å²) in [6, 6.07) is 0. The predicted octanol–water partition coefficient (Wildman–Crippen LogP) is 1.98. The summed E-state index contributed by atoms with van der Waals surface area (Å²) in [4.78, 5) is 4.23. The fourth-order valence-electron chi connectivity index (χ4n) is 0.902. The molecule has 3 nitrogen and oxygen atoms in total. The summed E-state index contributed by atoms with van der Waals surface area (Å²) in [5, 5.41) is 3.12. The highest BCUT2D eigenvalue weighted by Crippen LogP contribution is 2.16. The van der Waals surface area contributed by atoms with E-state index in [1.165, 1.54) is 0 Å². The van der Waals surface area contributed by atoms with Gasteiger partial charge < -0.3 is 11.1 Å². The zero-order valence-electron chi connectivity index (χ0n) is 10.2. The fraction of sp³-hybridized carbons (Fsp3) is 0.909. The van der Waals surface area contributed by atoms with Crippen LogP contribution in [0.2, 0.25) is 0 Å². The van der Waals surface area contributed by atoms with Crippen molar-refractivity contribution in [2.75, 3.05) is 13.1 Å². The molecule has 3 N–H and O–H groups in total. The summed E-state index contributed by atoms with van der Waals surface area (Å²) in [5.74, 6) is 1.14. The molecule has 0 saturated carbocycles. The quantitative estimate of drug-likeness (QED) is 0.537. The SMILES string of the molecule is CC(C)CN=C(N)NCCC(C)(C)C. The predicted molar refractivity (Wildman–Crippen MR) is 63.4 cm³/mol. The molecule has 0 radical (unpaired) electrons. The van der Waals surface area contributed by atoms with E-state index in [1.54, 1.807) is 0 Å². The zero-order chi connectivity index (χ0) is 11.2. The fourth-order valence-corrected chi connectivity index (χ4v) is 0.902. The number of aliphatic imine (C=N–C) groups is 1. The van der Waals surface area contributed by atoms with Crippen LogP contribution in [0, 0.1) is 11.3 Å². The zero-order valence-corrected chi connectivity index (χ0v) is 10.2. The number of guanidine groups is 1. The smallest absolute Gasteiger partial charge is 0.188 e. The summed E-state index contributed by atoms with van der Waals surface area (Å²) in [6.45, 7) is 12.6. The molecule has 0 amide bonds.